The number of hydrogen-bond acceptors (Lipinski definition) is 7. The minimum atomic E-state index is -0.754. The number of esters is 1. The highest BCUT2D eigenvalue weighted by molar-refractivity contribution is 5.92. The zero-order valence-corrected chi connectivity index (χ0v) is 13.1. The molecule has 0 saturated heterocycles. The number of hydrogen-bond donors (Lipinski definition) is 1. The third-order valence-corrected chi connectivity index (χ3v) is 3.37. The molecule has 0 unspecified atom stereocenters. The van der Waals surface area contributed by atoms with Crippen LogP contribution in [0, 0.1) is 6.92 Å². The molecule has 0 spiro atoms. The number of carbonyl (C=O) groups is 1. The van der Waals surface area contributed by atoms with Crippen molar-refractivity contribution in [2.75, 3.05) is 0 Å². The van der Waals surface area contributed by atoms with Crippen LogP contribution in [0.3, 0.4) is 0 Å². The molecule has 2 aromatic heterocycles. The number of phenolic OH excluding ortho intramolecular Hbond substituents is 1. The van der Waals surface area contributed by atoms with Crippen molar-refractivity contribution in [1.82, 2.24) is 15.1 Å². The Morgan fingerprint density at radius 2 is 2.17 bits per heavy atom. The van der Waals surface area contributed by atoms with Crippen LogP contribution in [0.4, 0.5) is 0 Å². The first kappa shape index (κ1) is 15.7. The standard InChI is InChI=1S/C17H15N3O4/c1-10-5-6-14(21)13(8-10)17(22)23-11(2)16-19-15(20-24-16)12-4-3-7-18-9-12/h3-9,11,21H,1-2H3/t11-/m1/s1. The van der Waals surface area contributed by atoms with Crippen LogP contribution < -0.4 is 0 Å². The molecule has 0 aliphatic heterocycles. The van der Waals surface area contributed by atoms with Gasteiger partial charge in [0.25, 0.3) is 5.89 Å². The molecule has 2 heterocycles. The first-order valence-electron chi connectivity index (χ1n) is 7.29. The SMILES string of the molecule is Cc1ccc(O)c(C(=O)O[C@H](C)c2nc(-c3cccnc3)no2)c1. The largest absolute Gasteiger partial charge is 0.507 e. The smallest absolute Gasteiger partial charge is 0.342 e. The van der Waals surface area contributed by atoms with E-state index in [1.165, 1.54) is 6.07 Å². The van der Waals surface area contributed by atoms with E-state index in [2.05, 4.69) is 15.1 Å². The number of carbonyl (C=O) groups excluding carboxylic acids is 1. The number of benzene rings is 1. The predicted octanol–water partition coefficient (Wildman–Crippen LogP) is 3.06. The molecule has 0 bridgehead atoms. The van der Waals surface area contributed by atoms with E-state index in [-0.39, 0.29) is 17.2 Å². The summed E-state index contributed by atoms with van der Waals surface area (Å²) >= 11 is 0. The quantitative estimate of drug-likeness (QED) is 0.736. The molecule has 0 amide bonds. The van der Waals surface area contributed by atoms with E-state index in [1.54, 1.807) is 43.6 Å². The minimum absolute atomic E-state index is 0.0915. The maximum Gasteiger partial charge on any atom is 0.342 e. The van der Waals surface area contributed by atoms with Gasteiger partial charge in [0, 0.05) is 18.0 Å². The molecule has 7 nitrogen and oxygen atoms in total. The maximum atomic E-state index is 12.2. The van der Waals surface area contributed by atoms with Gasteiger partial charge in [0.05, 0.1) is 0 Å². The van der Waals surface area contributed by atoms with Gasteiger partial charge in [-0.15, -0.1) is 0 Å². The summed E-state index contributed by atoms with van der Waals surface area (Å²) in [4.78, 5) is 20.4. The van der Waals surface area contributed by atoms with Crippen LogP contribution in [0.5, 0.6) is 5.75 Å². The second-order valence-corrected chi connectivity index (χ2v) is 5.27. The van der Waals surface area contributed by atoms with Crippen LogP contribution >= 0.6 is 0 Å². The highest BCUT2D eigenvalue weighted by Gasteiger charge is 2.22. The zero-order chi connectivity index (χ0) is 17.1. The number of aromatic hydroxyl groups is 1. The average molecular weight is 325 g/mol. The van der Waals surface area contributed by atoms with Crippen molar-refractivity contribution < 1.29 is 19.2 Å². The maximum absolute atomic E-state index is 12.2. The molecule has 0 aliphatic carbocycles. The van der Waals surface area contributed by atoms with Crippen LogP contribution in [0.15, 0.2) is 47.2 Å². The Labute approximate surface area is 137 Å². The number of nitrogens with zero attached hydrogens (tertiary/aromatic N) is 3. The Kier molecular flexibility index (Phi) is 4.24. The topological polar surface area (TPSA) is 98.3 Å². The van der Waals surface area contributed by atoms with Crippen LogP contribution in [-0.2, 0) is 4.74 Å². The lowest BCUT2D eigenvalue weighted by Gasteiger charge is -2.10. The van der Waals surface area contributed by atoms with Gasteiger partial charge in [-0.25, -0.2) is 4.79 Å². The molecular weight excluding hydrogens is 310 g/mol. The number of ether oxygens (including phenoxy) is 1. The van der Waals surface area contributed by atoms with Crippen molar-refractivity contribution in [3.8, 4) is 17.1 Å². The van der Waals surface area contributed by atoms with Gasteiger partial charge in [-0.1, -0.05) is 16.8 Å². The van der Waals surface area contributed by atoms with Crippen molar-refractivity contribution >= 4 is 5.97 Å². The van der Waals surface area contributed by atoms with Gasteiger partial charge in [0.15, 0.2) is 6.10 Å². The van der Waals surface area contributed by atoms with Crippen molar-refractivity contribution in [2.24, 2.45) is 0 Å². The van der Waals surface area contributed by atoms with E-state index in [9.17, 15) is 9.90 Å². The third-order valence-electron chi connectivity index (χ3n) is 3.37. The molecule has 7 heteroatoms. The van der Waals surface area contributed by atoms with Gasteiger partial charge in [-0.05, 0) is 38.1 Å². The summed E-state index contributed by atoms with van der Waals surface area (Å²) in [6, 6.07) is 8.26. The molecule has 122 valence electrons. The summed E-state index contributed by atoms with van der Waals surface area (Å²) in [6.07, 6.45) is 2.49. The fourth-order valence-corrected chi connectivity index (χ4v) is 2.10. The highest BCUT2D eigenvalue weighted by Crippen LogP contribution is 2.24. The van der Waals surface area contributed by atoms with E-state index < -0.39 is 12.1 Å². The molecule has 0 fully saturated rings. The molecule has 1 N–H and O–H groups in total. The Hall–Kier alpha value is -3.22. The van der Waals surface area contributed by atoms with Gasteiger partial charge in [0.1, 0.15) is 11.3 Å². The second kappa shape index (κ2) is 6.49. The highest BCUT2D eigenvalue weighted by atomic mass is 16.6. The first-order valence-corrected chi connectivity index (χ1v) is 7.29. The van der Waals surface area contributed by atoms with Crippen LogP contribution in [0.1, 0.15) is 34.8 Å². The molecule has 0 saturated carbocycles. The molecule has 0 radical (unpaired) electrons. The van der Waals surface area contributed by atoms with Gasteiger partial charge in [-0.2, -0.15) is 4.98 Å². The van der Waals surface area contributed by atoms with Crippen LogP contribution in [-0.4, -0.2) is 26.2 Å². The fraction of sp³-hybridized carbons (Fsp3) is 0.176. The van der Waals surface area contributed by atoms with Crippen molar-refractivity contribution in [3.63, 3.8) is 0 Å². The number of aromatic nitrogens is 3. The Morgan fingerprint density at radius 3 is 2.92 bits per heavy atom. The Balaban J connectivity index is 1.75. The Morgan fingerprint density at radius 1 is 1.33 bits per heavy atom. The molecule has 24 heavy (non-hydrogen) atoms. The molecule has 3 aromatic rings. The first-order chi connectivity index (χ1) is 11.5. The normalized spacial score (nSPS) is 11.9. The molecular formula is C17H15N3O4. The average Bonchev–Trinajstić information content (AvgIpc) is 3.08. The molecule has 1 aromatic carbocycles. The van der Waals surface area contributed by atoms with Crippen LogP contribution in [0.2, 0.25) is 0 Å². The summed E-state index contributed by atoms with van der Waals surface area (Å²) in [5.74, 6) is -0.280. The summed E-state index contributed by atoms with van der Waals surface area (Å²) < 4.78 is 10.4. The van der Waals surface area contributed by atoms with Gasteiger partial charge in [-0.3, -0.25) is 4.98 Å². The van der Waals surface area contributed by atoms with Crippen molar-refractivity contribution in [3.05, 3.63) is 59.7 Å². The van der Waals surface area contributed by atoms with Crippen molar-refractivity contribution in [1.29, 1.82) is 0 Å². The van der Waals surface area contributed by atoms with E-state index in [4.69, 9.17) is 9.26 Å². The fourth-order valence-electron chi connectivity index (χ4n) is 2.10. The van der Waals surface area contributed by atoms with Crippen molar-refractivity contribution in [2.45, 2.75) is 20.0 Å². The second-order valence-electron chi connectivity index (χ2n) is 5.27. The minimum Gasteiger partial charge on any atom is -0.507 e. The van der Waals surface area contributed by atoms with Gasteiger partial charge >= 0.3 is 5.97 Å². The lowest BCUT2D eigenvalue weighted by molar-refractivity contribution is 0.0262. The molecule has 1 atom stereocenters. The number of rotatable bonds is 4. The monoisotopic (exact) mass is 325 g/mol. The summed E-state index contributed by atoms with van der Waals surface area (Å²) in [7, 11) is 0. The zero-order valence-electron chi connectivity index (χ0n) is 13.1. The van der Waals surface area contributed by atoms with E-state index in [1.807, 2.05) is 6.92 Å². The van der Waals surface area contributed by atoms with Crippen LogP contribution in [0.25, 0.3) is 11.4 Å². The Bertz CT molecular complexity index is 861. The lowest BCUT2D eigenvalue weighted by Crippen LogP contribution is -2.10. The van der Waals surface area contributed by atoms with E-state index in [0.717, 1.165) is 5.56 Å². The number of phenols is 1. The third kappa shape index (κ3) is 3.24. The molecule has 0 aliphatic rings. The number of aryl methyl sites for hydroxylation is 1. The molecule has 3 rings (SSSR count). The van der Waals surface area contributed by atoms with Gasteiger partial charge in [0.2, 0.25) is 5.82 Å². The van der Waals surface area contributed by atoms with E-state index in [0.29, 0.717) is 11.4 Å². The summed E-state index contributed by atoms with van der Waals surface area (Å²) in [6.45, 7) is 3.43. The van der Waals surface area contributed by atoms with E-state index >= 15 is 0 Å². The lowest BCUT2D eigenvalue weighted by atomic mass is 10.1. The van der Waals surface area contributed by atoms with Gasteiger partial charge < -0.3 is 14.4 Å². The number of pyridine rings is 1. The summed E-state index contributed by atoms with van der Waals surface area (Å²) in [5, 5.41) is 13.6. The predicted molar refractivity (Wildman–Crippen MR) is 84.2 cm³/mol. The summed E-state index contributed by atoms with van der Waals surface area (Å²) in [5.41, 5.74) is 1.63.